The quantitative estimate of drug-likeness (QED) is 0.373. The smallest absolute Gasteiger partial charge is 0.101 e. The van der Waals surface area contributed by atoms with Gasteiger partial charge < -0.3 is 5.21 Å². The number of nitrogens with one attached hydrogen (secondary N) is 1. The van der Waals surface area contributed by atoms with E-state index in [1.165, 1.54) is 19.3 Å². The highest BCUT2D eigenvalue weighted by molar-refractivity contribution is 4.46. The van der Waals surface area contributed by atoms with Crippen LogP contribution in [-0.2, 0) is 0 Å². The van der Waals surface area contributed by atoms with E-state index >= 15 is 0 Å². The third-order valence-corrected chi connectivity index (χ3v) is 2.71. The third-order valence-electron chi connectivity index (χ3n) is 2.71. The Morgan fingerprint density at radius 1 is 1.14 bits per heavy atom. The van der Waals surface area contributed by atoms with Crippen molar-refractivity contribution in [3.05, 3.63) is 5.21 Å². The average Bonchev–Trinajstić information content (AvgIpc) is 2.17. The Kier molecular flexibility index (Phi) is 7.15. The fourth-order valence-corrected chi connectivity index (χ4v) is 1.48. The van der Waals surface area contributed by atoms with Gasteiger partial charge in [0, 0.05) is 6.54 Å². The van der Waals surface area contributed by atoms with Gasteiger partial charge in [-0.2, -0.15) is 5.43 Å². The summed E-state index contributed by atoms with van der Waals surface area (Å²) in [5.41, 5.74) is 3.09. The maximum atomic E-state index is 12.0. The summed E-state index contributed by atoms with van der Waals surface area (Å²) in [4.78, 5) is 0. The van der Waals surface area contributed by atoms with Gasteiger partial charge in [-0.15, -0.1) is 0 Å². The van der Waals surface area contributed by atoms with Crippen molar-refractivity contribution < 1.29 is 4.76 Å². The molecule has 1 unspecified atom stereocenters. The molecule has 0 spiro atoms. The zero-order valence-corrected chi connectivity index (χ0v) is 10.2. The number of unbranched alkanes of at least 4 members (excludes halogenated alkanes) is 3. The minimum absolute atomic E-state index is 0.103. The van der Waals surface area contributed by atoms with Crippen molar-refractivity contribution in [2.45, 2.75) is 59.4 Å². The molecule has 0 saturated carbocycles. The third kappa shape index (κ3) is 4.94. The van der Waals surface area contributed by atoms with Crippen molar-refractivity contribution in [2.24, 2.45) is 0 Å². The fourth-order valence-electron chi connectivity index (χ4n) is 1.48. The molecule has 1 atom stereocenters. The van der Waals surface area contributed by atoms with Gasteiger partial charge in [-0.1, -0.05) is 26.2 Å². The van der Waals surface area contributed by atoms with Crippen molar-refractivity contribution in [3.8, 4) is 0 Å². The highest BCUT2D eigenvalue weighted by atomic mass is 16.6. The van der Waals surface area contributed by atoms with Crippen molar-refractivity contribution >= 4 is 0 Å². The molecule has 0 radical (unpaired) electrons. The molecule has 86 valence electrons. The number of quaternary nitrogens is 1. The van der Waals surface area contributed by atoms with Gasteiger partial charge in [0.2, 0.25) is 0 Å². The Hall–Kier alpha value is -0.120. The first-order valence-electron chi connectivity index (χ1n) is 5.90. The first-order chi connectivity index (χ1) is 6.56. The van der Waals surface area contributed by atoms with Gasteiger partial charge in [0.25, 0.3) is 0 Å². The van der Waals surface area contributed by atoms with Crippen LogP contribution < -0.4 is 5.43 Å². The lowest BCUT2D eigenvalue weighted by molar-refractivity contribution is -0.942. The minimum atomic E-state index is -0.258. The largest absolute Gasteiger partial charge is 0.611 e. The second kappa shape index (κ2) is 7.21. The van der Waals surface area contributed by atoms with Crippen LogP contribution in [0.1, 0.15) is 53.4 Å². The Morgan fingerprint density at radius 2 is 1.79 bits per heavy atom. The predicted octanol–water partition coefficient (Wildman–Crippen LogP) is 2.81. The SMILES string of the molecule is CCCCCCN[N+]([O-])(CC)C(C)C. The van der Waals surface area contributed by atoms with Crippen LogP contribution in [0.5, 0.6) is 0 Å². The van der Waals surface area contributed by atoms with Crippen LogP contribution in [0.15, 0.2) is 0 Å². The van der Waals surface area contributed by atoms with Crippen LogP contribution in [-0.4, -0.2) is 23.9 Å². The highest BCUT2D eigenvalue weighted by Crippen LogP contribution is 2.07. The zero-order valence-electron chi connectivity index (χ0n) is 10.2. The van der Waals surface area contributed by atoms with Gasteiger partial charge in [0.05, 0.1) is 6.54 Å². The summed E-state index contributed by atoms with van der Waals surface area (Å²) in [5.74, 6) is 0. The van der Waals surface area contributed by atoms with Crippen LogP contribution in [0, 0.1) is 5.21 Å². The summed E-state index contributed by atoms with van der Waals surface area (Å²) in [6.45, 7) is 9.51. The molecule has 0 aromatic heterocycles. The van der Waals surface area contributed by atoms with E-state index < -0.39 is 0 Å². The molecule has 0 fully saturated rings. The summed E-state index contributed by atoms with van der Waals surface area (Å²) in [6.07, 6.45) is 4.86. The molecule has 0 aliphatic carbocycles. The number of nitrogens with zero attached hydrogens (tertiary/aromatic N) is 1. The van der Waals surface area contributed by atoms with E-state index in [2.05, 4.69) is 12.3 Å². The molecule has 0 aromatic rings. The number of hydrogen-bond acceptors (Lipinski definition) is 2. The molecule has 0 aliphatic rings. The van der Waals surface area contributed by atoms with Crippen LogP contribution in [0.3, 0.4) is 0 Å². The molecule has 0 saturated heterocycles. The highest BCUT2D eigenvalue weighted by Gasteiger charge is 2.17. The van der Waals surface area contributed by atoms with Crippen molar-refractivity contribution in [1.29, 1.82) is 0 Å². The molecule has 3 heteroatoms. The van der Waals surface area contributed by atoms with E-state index in [0.717, 1.165) is 13.0 Å². The number of hydrogen-bond donors (Lipinski definition) is 1. The number of rotatable bonds is 8. The van der Waals surface area contributed by atoms with Crippen molar-refractivity contribution in [2.75, 3.05) is 13.1 Å². The summed E-state index contributed by atoms with van der Waals surface area (Å²) in [6, 6.07) is 0.103. The summed E-state index contributed by atoms with van der Waals surface area (Å²) in [7, 11) is 0. The van der Waals surface area contributed by atoms with Gasteiger partial charge in [0.1, 0.15) is 6.04 Å². The summed E-state index contributed by atoms with van der Waals surface area (Å²) in [5, 5.41) is 12.0. The molecule has 0 bridgehead atoms. The van der Waals surface area contributed by atoms with Gasteiger partial charge >= 0.3 is 0 Å². The maximum absolute atomic E-state index is 12.0. The average molecular weight is 202 g/mol. The first kappa shape index (κ1) is 13.9. The Bertz CT molecular complexity index is 139. The lowest BCUT2D eigenvalue weighted by Crippen LogP contribution is -2.57. The lowest BCUT2D eigenvalue weighted by Gasteiger charge is -2.44. The van der Waals surface area contributed by atoms with Gasteiger partial charge in [-0.3, -0.25) is 4.76 Å². The maximum Gasteiger partial charge on any atom is 0.101 e. The van der Waals surface area contributed by atoms with Crippen molar-refractivity contribution in [1.82, 2.24) is 5.43 Å². The van der Waals surface area contributed by atoms with Crippen LogP contribution in [0.4, 0.5) is 0 Å². The predicted molar refractivity (Wildman–Crippen MR) is 61.4 cm³/mol. The minimum Gasteiger partial charge on any atom is -0.611 e. The Labute approximate surface area is 88.6 Å². The summed E-state index contributed by atoms with van der Waals surface area (Å²) >= 11 is 0. The van der Waals surface area contributed by atoms with E-state index in [0.29, 0.717) is 6.54 Å². The standard InChI is InChI=1S/C11H26N2O/c1-5-7-8-9-10-12-13(14,6-2)11(3)4/h11-12H,5-10H2,1-4H3. The molecule has 1 N–H and O–H groups in total. The molecular formula is C11H26N2O. The summed E-state index contributed by atoms with van der Waals surface area (Å²) < 4.78 is -0.258. The van der Waals surface area contributed by atoms with Crippen LogP contribution in [0.2, 0.25) is 0 Å². The molecule has 0 heterocycles. The van der Waals surface area contributed by atoms with E-state index in [1.807, 2.05) is 20.8 Å². The van der Waals surface area contributed by atoms with E-state index in [9.17, 15) is 5.21 Å². The van der Waals surface area contributed by atoms with Gasteiger partial charge in [-0.05, 0) is 27.2 Å². The second-order valence-electron chi connectivity index (χ2n) is 4.17. The molecule has 0 amide bonds. The van der Waals surface area contributed by atoms with Crippen molar-refractivity contribution in [3.63, 3.8) is 0 Å². The van der Waals surface area contributed by atoms with Gasteiger partial charge in [-0.25, -0.2) is 0 Å². The number of hydroxylamine groups is 2. The second-order valence-corrected chi connectivity index (χ2v) is 4.17. The monoisotopic (exact) mass is 202 g/mol. The normalized spacial score (nSPS) is 15.9. The molecule has 0 aliphatic heterocycles. The zero-order chi connectivity index (χ0) is 11.0. The lowest BCUT2D eigenvalue weighted by atomic mass is 10.2. The Balaban J connectivity index is 3.63. The van der Waals surface area contributed by atoms with Crippen LogP contribution in [0.25, 0.3) is 0 Å². The van der Waals surface area contributed by atoms with E-state index in [1.54, 1.807) is 0 Å². The molecule has 0 aromatic carbocycles. The van der Waals surface area contributed by atoms with Crippen LogP contribution >= 0.6 is 0 Å². The fraction of sp³-hybridized carbons (Fsp3) is 1.00. The van der Waals surface area contributed by atoms with E-state index in [4.69, 9.17) is 0 Å². The molecule has 3 nitrogen and oxygen atoms in total. The Morgan fingerprint density at radius 3 is 2.21 bits per heavy atom. The molecule has 14 heavy (non-hydrogen) atoms. The molecular weight excluding hydrogens is 176 g/mol. The molecule has 0 rings (SSSR count). The topological polar surface area (TPSA) is 35.1 Å². The first-order valence-corrected chi connectivity index (χ1v) is 5.90. The van der Waals surface area contributed by atoms with E-state index in [-0.39, 0.29) is 10.8 Å². The van der Waals surface area contributed by atoms with Gasteiger partial charge in [0.15, 0.2) is 0 Å².